The Morgan fingerprint density at radius 2 is 2.19 bits per heavy atom. The van der Waals surface area contributed by atoms with Gasteiger partial charge in [-0.15, -0.1) is 0 Å². The first kappa shape index (κ1) is 17.7. The maximum atomic E-state index is 12.2. The third-order valence-electron chi connectivity index (χ3n) is 3.57. The summed E-state index contributed by atoms with van der Waals surface area (Å²) in [6, 6.07) is 1.88. The van der Waals surface area contributed by atoms with Crippen LogP contribution in [0.2, 0.25) is 0 Å². The molecule has 0 bridgehead atoms. The van der Waals surface area contributed by atoms with Gasteiger partial charge in [-0.3, -0.25) is 4.79 Å². The van der Waals surface area contributed by atoms with E-state index < -0.39 is 0 Å². The Morgan fingerprint density at radius 3 is 2.71 bits per heavy atom. The predicted octanol–water partition coefficient (Wildman–Crippen LogP) is 0.960. The molecule has 1 atom stereocenters. The summed E-state index contributed by atoms with van der Waals surface area (Å²) in [4.78, 5) is 14.2. The first-order valence-electron chi connectivity index (χ1n) is 7.50. The smallest absolute Gasteiger partial charge is 0.268 e. The fourth-order valence-electron chi connectivity index (χ4n) is 2.09. The van der Waals surface area contributed by atoms with Gasteiger partial charge in [0, 0.05) is 32.8 Å². The molecule has 0 fully saturated rings. The molecule has 0 aromatic carbocycles. The summed E-state index contributed by atoms with van der Waals surface area (Å²) in [5, 5.41) is 7.69. The van der Waals surface area contributed by atoms with Crippen molar-refractivity contribution in [1.29, 1.82) is 0 Å². The van der Waals surface area contributed by atoms with Gasteiger partial charge in [0.05, 0.1) is 25.0 Å². The largest absolute Gasteiger partial charge is 0.383 e. The Morgan fingerprint density at radius 1 is 1.48 bits per heavy atom. The molecule has 1 aromatic heterocycles. The van der Waals surface area contributed by atoms with Crippen molar-refractivity contribution in [1.82, 2.24) is 15.1 Å². The first-order valence-corrected chi connectivity index (χ1v) is 7.50. The van der Waals surface area contributed by atoms with Crippen LogP contribution in [-0.2, 0) is 11.3 Å². The van der Waals surface area contributed by atoms with Crippen molar-refractivity contribution in [2.45, 2.75) is 33.4 Å². The molecular formula is C15H28N4O2. The van der Waals surface area contributed by atoms with Crippen molar-refractivity contribution in [2.75, 3.05) is 38.8 Å². The van der Waals surface area contributed by atoms with E-state index in [0.717, 1.165) is 18.8 Å². The molecule has 6 nitrogen and oxygen atoms in total. The zero-order valence-electron chi connectivity index (χ0n) is 13.8. The molecule has 1 unspecified atom stereocenters. The second-order valence-corrected chi connectivity index (χ2v) is 5.56. The van der Waals surface area contributed by atoms with Gasteiger partial charge in [0.25, 0.3) is 5.56 Å². The third kappa shape index (κ3) is 5.47. The van der Waals surface area contributed by atoms with E-state index in [4.69, 9.17) is 4.74 Å². The quantitative estimate of drug-likeness (QED) is 0.735. The Hall–Kier alpha value is -1.40. The topological polar surface area (TPSA) is 59.4 Å². The molecule has 6 heteroatoms. The van der Waals surface area contributed by atoms with Crippen LogP contribution in [0.4, 0.5) is 5.69 Å². The number of nitrogens with one attached hydrogen (secondary N) is 1. The van der Waals surface area contributed by atoms with Gasteiger partial charge in [-0.2, -0.15) is 5.10 Å². The van der Waals surface area contributed by atoms with Crippen molar-refractivity contribution >= 4 is 5.69 Å². The standard InChI is InChI=1S/C15H28N4O2/c1-6-16-14(12(2)3)11-19-15(20)9-13(10-17-19)18(4)7-8-21-5/h9-10,12,14,16H,6-8,11H2,1-5H3. The van der Waals surface area contributed by atoms with Gasteiger partial charge in [-0.25, -0.2) is 4.68 Å². The van der Waals surface area contributed by atoms with Gasteiger partial charge in [-0.1, -0.05) is 20.8 Å². The van der Waals surface area contributed by atoms with E-state index in [1.807, 2.05) is 11.9 Å². The monoisotopic (exact) mass is 296 g/mol. The number of anilines is 1. The summed E-state index contributed by atoms with van der Waals surface area (Å²) in [6.07, 6.45) is 1.74. The van der Waals surface area contributed by atoms with Gasteiger partial charge in [0.1, 0.15) is 0 Å². The Labute approximate surface area is 127 Å². The normalized spacial score (nSPS) is 12.7. The molecule has 0 saturated heterocycles. The van der Waals surface area contributed by atoms with Crippen molar-refractivity contribution in [2.24, 2.45) is 5.92 Å². The van der Waals surface area contributed by atoms with Gasteiger partial charge < -0.3 is 15.0 Å². The summed E-state index contributed by atoms with van der Waals surface area (Å²) in [7, 11) is 3.59. The molecule has 0 amide bonds. The molecule has 0 radical (unpaired) electrons. The third-order valence-corrected chi connectivity index (χ3v) is 3.57. The van der Waals surface area contributed by atoms with E-state index in [0.29, 0.717) is 19.1 Å². The molecule has 1 heterocycles. The van der Waals surface area contributed by atoms with Crippen molar-refractivity contribution in [3.63, 3.8) is 0 Å². The molecule has 0 spiro atoms. The summed E-state index contributed by atoms with van der Waals surface area (Å²) in [6.45, 7) is 9.18. The summed E-state index contributed by atoms with van der Waals surface area (Å²) in [5.41, 5.74) is 0.748. The van der Waals surface area contributed by atoms with Crippen LogP contribution in [0.3, 0.4) is 0 Å². The number of rotatable bonds is 9. The van der Waals surface area contributed by atoms with Crippen LogP contribution in [0, 0.1) is 5.92 Å². The molecular weight excluding hydrogens is 268 g/mol. The Balaban J connectivity index is 2.80. The van der Waals surface area contributed by atoms with Gasteiger partial charge in [0.15, 0.2) is 0 Å². The maximum Gasteiger partial charge on any atom is 0.268 e. The molecule has 1 N–H and O–H groups in total. The fraction of sp³-hybridized carbons (Fsp3) is 0.733. The van der Waals surface area contributed by atoms with E-state index in [2.05, 4.69) is 31.2 Å². The lowest BCUT2D eigenvalue weighted by Gasteiger charge is -2.23. The highest BCUT2D eigenvalue weighted by molar-refractivity contribution is 5.41. The highest BCUT2D eigenvalue weighted by atomic mass is 16.5. The molecule has 21 heavy (non-hydrogen) atoms. The number of nitrogens with zero attached hydrogens (tertiary/aromatic N) is 3. The molecule has 0 aliphatic carbocycles. The van der Waals surface area contributed by atoms with E-state index in [9.17, 15) is 4.79 Å². The molecule has 1 rings (SSSR count). The minimum Gasteiger partial charge on any atom is -0.383 e. The molecule has 1 aromatic rings. The lowest BCUT2D eigenvalue weighted by atomic mass is 10.0. The van der Waals surface area contributed by atoms with Crippen molar-refractivity contribution in [3.05, 3.63) is 22.6 Å². The average molecular weight is 296 g/mol. The van der Waals surface area contributed by atoms with Crippen LogP contribution in [0.15, 0.2) is 17.1 Å². The maximum absolute atomic E-state index is 12.2. The number of methoxy groups -OCH3 is 1. The highest BCUT2D eigenvalue weighted by Crippen LogP contribution is 2.07. The summed E-state index contributed by atoms with van der Waals surface area (Å²) < 4.78 is 6.57. The second-order valence-electron chi connectivity index (χ2n) is 5.56. The Kier molecular flexibility index (Phi) is 7.39. The zero-order valence-corrected chi connectivity index (χ0v) is 13.8. The van der Waals surface area contributed by atoms with Crippen LogP contribution in [0.1, 0.15) is 20.8 Å². The van der Waals surface area contributed by atoms with E-state index in [-0.39, 0.29) is 11.6 Å². The Bertz CT molecular complexity index is 473. The zero-order chi connectivity index (χ0) is 15.8. The molecule has 120 valence electrons. The van der Waals surface area contributed by atoms with E-state index in [1.54, 1.807) is 19.4 Å². The van der Waals surface area contributed by atoms with Crippen LogP contribution in [-0.4, -0.2) is 49.7 Å². The van der Waals surface area contributed by atoms with Crippen LogP contribution in [0.5, 0.6) is 0 Å². The van der Waals surface area contributed by atoms with Crippen LogP contribution >= 0.6 is 0 Å². The van der Waals surface area contributed by atoms with E-state index in [1.165, 1.54) is 4.68 Å². The molecule has 0 saturated carbocycles. The first-order chi connectivity index (χ1) is 9.99. The highest BCUT2D eigenvalue weighted by Gasteiger charge is 2.14. The number of ether oxygens (including phenoxy) is 1. The van der Waals surface area contributed by atoms with Crippen LogP contribution in [0.25, 0.3) is 0 Å². The molecule has 0 aliphatic rings. The lowest BCUT2D eigenvalue weighted by Crippen LogP contribution is -2.41. The number of hydrogen-bond donors (Lipinski definition) is 1. The SMILES string of the molecule is CCNC(Cn1ncc(N(C)CCOC)cc1=O)C(C)C. The minimum absolute atomic E-state index is 0.0691. The van der Waals surface area contributed by atoms with Gasteiger partial charge >= 0.3 is 0 Å². The second kappa shape index (κ2) is 8.79. The molecule has 0 aliphatic heterocycles. The summed E-state index contributed by atoms with van der Waals surface area (Å²) >= 11 is 0. The number of likely N-dealkylation sites (N-methyl/N-ethyl adjacent to an activating group) is 2. The van der Waals surface area contributed by atoms with Crippen molar-refractivity contribution < 1.29 is 4.74 Å². The number of hydrogen-bond acceptors (Lipinski definition) is 5. The predicted molar refractivity (Wildman–Crippen MR) is 85.9 cm³/mol. The van der Waals surface area contributed by atoms with Gasteiger partial charge in [-0.05, 0) is 12.5 Å². The average Bonchev–Trinajstić information content (AvgIpc) is 2.45. The summed E-state index contributed by atoms with van der Waals surface area (Å²) in [5.74, 6) is 0.447. The fourth-order valence-corrected chi connectivity index (χ4v) is 2.09. The number of aromatic nitrogens is 2. The van der Waals surface area contributed by atoms with Gasteiger partial charge in [0.2, 0.25) is 0 Å². The minimum atomic E-state index is -0.0691. The van der Waals surface area contributed by atoms with Crippen molar-refractivity contribution in [3.8, 4) is 0 Å². The lowest BCUT2D eigenvalue weighted by molar-refractivity contribution is 0.206. The van der Waals surface area contributed by atoms with Crippen LogP contribution < -0.4 is 15.8 Å². The van der Waals surface area contributed by atoms with E-state index >= 15 is 0 Å².